The number of ether oxygens (including phenoxy) is 2. The highest BCUT2D eigenvalue weighted by Gasteiger charge is 2.11. The van der Waals surface area contributed by atoms with Crippen molar-refractivity contribution in [3.8, 4) is 5.75 Å². The third-order valence-electron chi connectivity index (χ3n) is 4.34. The molecular formula is C22H29NO4. The van der Waals surface area contributed by atoms with Gasteiger partial charge in [0.2, 0.25) is 0 Å². The van der Waals surface area contributed by atoms with Crippen LogP contribution in [0.1, 0.15) is 41.3 Å². The molecule has 0 aromatic heterocycles. The van der Waals surface area contributed by atoms with Crippen LogP contribution in [0.2, 0.25) is 0 Å². The van der Waals surface area contributed by atoms with Gasteiger partial charge in [0.05, 0.1) is 12.7 Å². The minimum atomic E-state index is -0.606. The number of carbonyl (C=O) groups is 1. The van der Waals surface area contributed by atoms with Crippen LogP contribution >= 0.6 is 0 Å². The molecule has 2 rings (SSSR count). The number of benzene rings is 2. The van der Waals surface area contributed by atoms with Crippen molar-refractivity contribution in [3.63, 3.8) is 0 Å². The van der Waals surface area contributed by atoms with Gasteiger partial charge in [0.25, 0.3) is 0 Å². The predicted octanol–water partition coefficient (Wildman–Crippen LogP) is 3.47. The van der Waals surface area contributed by atoms with E-state index in [1.54, 1.807) is 24.3 Å². The summed E-state index contributed by atoms with van der Waals surface area (Å²) < 4.78 is 10.3. The number of methoxy groups -OCH3 is 1. The molecule has 0 aliphatic heterocycles. The Labute approximate surface area is 161 Å². The minimum Gasteiger partial charge on any atom is -0.491 e. The average Bonchev–Trinajstić information content (AvgIpc) is 2.66. The van der Waals surface area contributed by atoms with Crippen LogP contribution in [-0.4, -0.2) is 49.4 Å². The normalized spacial score (nSPS) is 12.3. The zero-order valence-electron chi connectivity index (χ0n) is 16.5. The summed E-state index contributed by atoms with van der Waals surface area (Å²) in [5.74, 6) is 0.746. The van der Waals surface area contributed by atoms with E-state index in [0.717, 1.165) is 6.54 Å². The van der Waals surface area contributed by atoms with Crippen molar-refractivity contribution in [1.82, 2.24) is 4.90 Å². The van der Waals surface area contributed by atoms with Crippen LogP contribution in [0.3, 0.4) is 0 Å². The van der Waals surface area contributed by atoms with E-state index < -0.39 is 6.10 Å². The van der Waals surface area contributed by atoms with Gasteiger partial charge in [-0.05, 0) is 48.4 Å². The SMILES string of the molecule is COC(=O)c1ccc(OCC(O)CN(C)Cc2ccc(C(C)C)cc2)cc1. The fourth-order valence-electron chi connectivity index (χ4n) is 2.79. The van der Waals surface area contributed by atoms with E-state index in [-0.39, 0.29) is 12.6 Å². The van der Waals surface area contributed by atoms with E-state index in [9.17, 15) is 9.90 Å². The average molecular weight is 371 g/mol. The maximum absolute atomic E-state index is 11.4. The second kappa shape index (κ2) is 10.1. The lowest BCUT2D eigenvalue weighted by Gasteiger charge is -2.21. The monoisotopic (exact) mass is 371 g/mol. The third kappa shape index (κ3) is 6.70. The Morgan fingerprint density at radius 1 is 1.07 bits per heavy atom. The summed E-state index contributed by atoms with van der Waals surface area (Å²) in [7, 11) is 3.32. The first-order valence-electron chi connectivity index (χ1n) is 9.15. The first kappa shape index (κ1) is 20.9. The van der Waals surface area contributed by atoms with Crippen molar-refractivity contribution >= 4 is 5.97 Å². The predicted molar refractivity (Wildman–Crippen MR) is 106 cm³/mol. The van der Waals surface area contributed by atoms with Gasteiger partial charge in [0.1, 0.15) is 18.5 Å². The number of aliphatic hydroxyl groups is 1. The smallest absolute Gasteiger partial charge is 0.337 e. The molecule has 2 aromatic rings. The van der Waals surface area contributed by atoms with Crippen LogP contribution in [0.15, 0.2) is 48.5 Å². The molecule has 146 valence electrons. The summed E-state index contributed by atoms with van der Waals surface area (Å²) >= 11 is 0. The Morgan fingerprint density at radius 3 is 2.26 bits per heavy atom. The van der Waals surface area contributed by atoms with Crippen LogP contribution < -0.4 is 4.74 Å². The van der Waals surface area contributed by atoms with Crippen LogP contribution in [0, 0.1) is 0 Å². The summed E-state index contributed by atoms with van der Waals surface area (Å²) in [5.41, 5.74) is 3.01. The molecule has 0 amide bonds. The van der Waals surface area contributed by atoms with Gasteiger partial charge in [-0.25, -0.2) is 4.79 Å². The molecule has 0 fully saturated rings. The highest BCUT2D eigenvalue weighted by Crippen LogP contribution is 2.16. The molecule has 1 unspecified atom stereocenters. The van der Waals surface area contributed by atoms with E-state index in [1.165, 1.54) is 18.2 Å². The van der Waals surface area contributed by atoms with E-state index in [1.807, 2.05) is 7.05 Å². The van der Waals surface area contributed by atoms with Gasteiger partial charge < -0.3 is 14.6 Å². The van der Waals surface area contributed by atoms with Crippen molar-refractivity contribution in [3.05, 3.63) is 65.2 Å². The van der Waals surface area contributed by atoms with E-state index in [4.69, 9.17) is 4.74 Å². The summed E-state index contributed by atoms with van der Waals surface area (Å²) in [6.07, 6.45) is -0.606. The summed E-state index contributed by atoms with van der Waals surface area (Å²) in [6.45, 7) is 5.82. The van der Waals surface area contributed by atoms with Gasteiger partial charge in [-0.15, -0.1) is 0 Å². The lowest BCUT2D eigenvalue weighted by Crippen LogP contribution is -2.32. The fourth-order valence-corrected chi connectivity index (χ4v) is 2.79. The van der Waals surface area contributed by atoms with Crippen LogP contribution in [0.25, 0.3) is 0 Å². The lowest BCUT2D eigenvalue weighted by molar-refractivity contribution is 0.0600. The third-order valence-corrected chi connectivity index (χ3v) is 4.34. The van der Waals surface area contributed by atoms with Gasteiger partial charge in [0, 0.05) is 13.1 Å². The quantitative estimate of drug-likeness (QED) is 0.684. The highest BCUT2D eigenvalue weighted by molar-refractivity contribution is 5.89. The van der Waals surface area contributed by atoms with E-state index in [0.29, 0.717) is 23.8 Å². The number of rotatable bonds is 9. The Kier molecular flexibility index (Phi) is 7.82. The molecule has 0 radical (unpaired) electrons. The molecule has 1 atom stereocenters. The van der Waals surface area contributed by atoms with Gasteiger partial charge in [-0.2, -0.15) is 0 Å². The van der Waals surface area contributed by atoms with Gasteiger partial charge in [-0.3, -0.25) is 4.90 Å². The van der Waals surface area contributed by atoms with Crippen molar-refractivity contribution in [1.29, 1.82) is 0 Å². The molecule has 0 saturated heterocycles. The molecule has 0 saturated carbocycles. The zero-order valence-corrected chi connectivity index (χ0v) is 16.5. The number of hydrogen-bond acceptors (Lipinski definition) is 5. The molecule has 5 heteroatoms. The van der Waals surface area contributed by atoms with Crippen molar-refractivity contribution in [2.45, 2.75) is 32.4 Å². The molecule has 0 heterocycles. The topological polar surface area (TPSA) is 59.0 Å². The zero-order chi connectivity index (χ0) is 19.8. The largest absolute Gasteiger partial charge is 0.491 e. The Bertz CT molecular complexity index is 710. The number of likely N-dealkylation sites (N-methyl/N-ethyl adjacent to an activating group) is 1. The minimum absolute atomic E-state index is 0.189. The summed E-state index contributed by atoms with van der Waals surface area (Å²) in [4.78, 5) is 13.5. The summed E-state index contributed by atoms with van der Waals surface area (Å²) in [6, 6.07) is 15.3. The Morgan fingerprint density at radius 2 is 1.70 bits per heavy atom. The number of nitrogens with zero attached hydrogens (tertiary/aromatic N) is 1. The van der Waals surface area contributed by atoms with Gasteiger partial charge in [0.15, 0.2) is 0 Å². The van der Waals surface area contributed by atoms with E-state index >= 15 is 0 Å². The van der Waals surface area contributed by atoms with Gasteiger partial charge >= 0.3 is 5.97 Å². The first-order chi connectivity index (χ1) is 12.9. The van der Waals surface area contributed by atoms with Crippen LogP contribution in [-0.2, 0) is 11.3 Å². The van der Waals surface area contributed by atoms with E-state index in [2.05, 4.69) is 47.7 Å². The number of esters is 1. The second-order valence-electron chi connectivity index (χ2n) is 7.07. The maximum atomic E-state index is 11.4. The molecule has 2 aromatic carbocycles. The van der Waals surface area contributed by atoms with Crippen molar-refractivity contribution in [2.75, 3.05) is 27.3 Å². The number of carbonyl (C=O) groups excluding carboxylic acids is 1. The Hall–Kier alpha value is -2.37. The Balaban J connectivity index is 1.77. The van der Waals surface area contributed by atoms with Crippen molar-refractivity contribution < 1.29 is 19.4 Å². The molecule has 0 aliphatic carbocycles. The molecule has 1 N–H and O–H groups in total. The lowest BCUT2D eigenvalue weighted by atomic mass is 10.0. The first-order valence-corrected chi connectivity index (χ1v) is 9.15. The number of aliphatic hydroxyl groups excluding tert-OH is 1. The second-order valence-corrected chi connectivity index (χ2v) is 7.07. The molecule has 0 spiro atoms. The number of hydrogen-bond donors (Lipinski definition) is 1. The maximum Gasteiger partial charge on any atom is 0.337 e. The van der Waals surface area contributed by atoms with Crippen LogP contribution in [0.5, 0.6) is 5.75 Å². The van der Waals surface area contributed by atoms with Gasteiger partial charge in [-0.1, -0.05) is 38.1 Å². The molecular weight excluding hydrogens is 342 g/mol. The fraction of sp³-hybridized carbons (Fsp3) is 0.409. The highest BCUT2D eigenvalue weighted by atomic mass is 16.5. The molecule has 27 heavy (non-hydrogen) atoms. The molecule has 0 aliphatic rings. The molecule has 0 bridgehead atoms. The standard InChI is InChI=1S/C22H29NO4/c1-16(2)18-7-5-17(6-8-18)13-23(3)14-20(24)15-27-21-11-9-19(10-12-21)22(25)26-4/h5-12,16,20,24H,13-15H2,1-4H3. The van der Waals surface area contributed by atoms with Crippen LogP contribution in [0.4, 0.5) is 0 Å². The van der Waals surface area contributed by atoms with Crippen molar-refractivity contribution in [2.24, 2.45) is 0 Å². The molecule has 5 nitrogen and oxygen atoms in total. The summed E-state index contributed by atoms with van der Waals surface area (Å²) in [5, 5.41) is 10.2.